The van der Waals surface area contributed by atoms with E-state index in [9.17, 15) is 13.2 Å². The van der Waals surface area contributed by atoms with Gasteiger partial charge >= 0.3 is 0 Å². The number of benzene rings is 1. The third-order valence-electron chi connectivity index (χ3n) is 4.68. The summed E-state index contributed by atoms with van der Waals surface area (Å²) in [6.45, 7) is 13.2. The molecule has 8 heteroatoms. The highest BCUT2D eigenvalue weighted by atomic mass is 32.2. The lowest BCUT2D eigenvalue weighted by Gasteiger charge is -2.20. The lowest BCUT2D eigenvalue weighted by atomic mass is 10.1. The standard InChI is InChI=1S/C21H34N4O3S/c1-7-14-25-18-11-10-16(29(27,28)24(8-2)9-3)15-17(18)22-19(25)12-13-20(26)23-21(4,5)6/h10-11,15H,7-9,12-14H2,1-6H3,(H,23,26). The number of rotatable bonds is 9. The predicted molar refractivity (Wildman–Crippen MR) is 116 cm³/mol. The molecule has 0 radical (unpaired) electrons. The summed E-state index contributed by atoms with van der Waals surface area (Å²) in [5, 5.41) is 2.97. The van der Waals surface area contributed by atoms with E-state index in [0.29, 0.717) is 31.4 Å². The van der Waals surface area contributed by atoms with Crippen LogP contribution in [-0.2, 0) is 27.8 Å². The molecule has 7 nitrogen and oxygen atoms in total. The van der Waals surface area contributed by atoms with Gasteiger partial charge in [0.2, 0.25) is 15.9 Å². The average molecular weight is 423 g/mol. The Morgan fingerprint density at radius 1 is 1.17 bits per heavy atom. The van der Waals surface area contributed by atoms with Gasteiger partial charge in [0.15, 0.2) is 0 Å². The van der Waals surface area contributed by atoms with Crippen molar-refractivity contribution in [3.05, 3.63) is 24.0 Å². The monoisotopic (exact) mass is 422 g/mol. The molecule has 0 saturated carbocycles. The number of aromatic nitrogens is 2. The highest BCUT2D eigenvalue weighted by Crippen LogP contribution is 2.24. The summed E-state index contributed by atoms with van der Waals surface area (Å²) < 4.78 is 29.2. The molecule has 0 unspecified atom stereocenters. The number of amides is 1. The van der Waals surface area contributed by atoms with Crippen LogP contribution in [0.25, 0.3) is 11.0 Å². The van der Waals surface area contributed by atoms with Crippen molar-refractivity contribution in [1.29, 1.82) is 0 Å². The second-order valence-corrected chi connectivity index (χ2v) is 10.2. The molecule has 0 fully saturated rings. The van der Waals surface area contributed by atoms with E-state index in [1.165, 1.54) is 4.31 Å². The lowest BCUT2D eigenvalue weighted by molar-refractivity contribution is -0.122. The number of aryl methyl sites for hydroxylation is 2. The minimum Gasteiger partial charge on any atom is -0.351 e. The van der Waals surface area contributed by atoms with Crippen LogP contribution in [0.1, 0.15) is 60.2 Å². The van der Waals surface area contributed by atoms with Crippen molar-refractivity contribution < 1.29 is 13.2 Å². The predicted octanol–water partition coefficient (Wildman–Crippen LogP) is 3.32. The summed E-state index contributed by atoms with van der Waals surface area (Å²) in [6.07, 6.45) is 1.77. The van der Waals surface area contributed by atoms with Gasteiger partial charge in [-0.1, -0.05) is 20.8 Å². The van der Waals surface area contributed by atoms with Crippen molar-refractivity contribution >= 4 is 27.0 Å². The van der Waals surface area contributed by atoms with E-state index in [2.05, 4.69) is 21.8 Å². The first-order valence-electron chi connectivity index (χ1n) is 10.3. The molecule has 1 aromatic carbocycles. The first-order chi connectivity index (χ1) is 13.5. The van der Waals surface area contributed by atoms with E-state index in [1.807, 2.05) is 40.7 Å². The number of nitrogens with one attached hydrogen (secondary N) is 1. The second kappa shape index (κ2) is 9.26. The minimum absolute atomic E-state index is 0.0163. The molecule has 0 saturated heterocycles. The number of fused-ring (bicyclic) bond motifs is 1. The van der Waals surface area contributed by atoms with Gasteiger partial charge in [0.25, 0.3) is 0 Å². The number of nitrogens with zero attached hydrogens (tertiary/aromatic N) is 3. The van der Waals surface area contributed by atoms with Gasteiger partial charge in [-0.2, -0.15) is 4.31 Å². The fourth-order valence-electron chi connectivity index (χ4n) is 3.40. The van der Waals surface area contributed by atoms with Crippen molar-refractivity contribution in [2.45, 2.75) is 77.8 Å². The lowest BCUT2D eigenvalue weighted by Crippen LogP contribution is -2.40. The fraction of sp³-hybridized carbons (Fsp3) is 0.619. The van der Waals surface area contributed by atoms with Crippen LogP contribution < -0.4 is 5.32 Å². The molecule has 0 aliphatic carbocycles. The third-order valence-corrected chi connectivity index (χ3v) is 6.73. The molecular formula is C21H34N4O3S. The topological polar surface area (TPSA) is 84.3 Å². The summed E-state index contributed by atoms with van der Waals surface area (Å²) in [5.74, 6) is 0.792. The van der Waals surface area contributed by atoms with E-state index in [1.54, 1.807) is 12.1 Å². The molecule has 1 aromatic heterocycles. The average Bonchev–Trinajstić information content (AvgIpc) is 2.96. The molecule has 0 atom stereocenters. The smallest absolute Gasteiger partial charge is 0.243 e. The maximum atomic E-state index is 12.8. The first-order valence-corrected chi connectivity index (χ1v) is 11.8. The van der Waals surface area contributed by atoms with Gasteiger partial charge < -0.3 is 9.88 Å². The van der Waals surface area contributed by atoms with Crippen molar-refractivity contribution in [3.8, 4) is 0 Å². The van der Waals surface area contributed by atoms with Gasteiger partial charge in [-0.3, -0.25) is 4.79 Å². The number of hydrogen-bond donors (Lipinski definition) is 1. The Morgan fingerprint density at radius 3 is 2.38 bits per heavy atom. The molecule has 1 heterocycles. The maximum absolute atomic E-state index is 12.8. The molecule has 29 heavy (non-hydrogen) atoms. The van der Waals surface area contributed by atoms with Gasteiger partial charge in [0.1, 0.15) is 5.82 Å². The molecular weight excluding hydrogens is 388 g/mol. The van der Waals surface area contributed by atoms with Crippen LogP contribution in [0.15, 0.2) is 23.1 Å². The van der Waals surface area contributed by atoms with E-state index >= 15 is 0 Å². The van der Waals surface area contributed by atoms with E-state index in [-0.39, 0.29) is 16.3 Å². The zero-order valence-corrected chi connectivity index (χ0v) is 19.3. The summed E-state index contributed by atoms with van der Waals surface area (Å²) in [5.41, 5.74) is 1.28. The second-order valence-electron chi connectivity index (χ2n) is 8.22. The zero-order valence-electron chi connectivity index (χ0n) is 18.4. The van der Waals surface area contributed by atoms with Crippen LogP contribution in [0.4, 0.5) is 0 Å². The number of imidazole rings is 1. The molecule has 2 rings (SSSR count). The van der Waals surface area contributed by atoms with Crippen LogP contribution in [0, 0.1) is 0 Å². The number of hydrogen-bond acceptors (Lipinski definition) is 4. The van der Waals surface area contributed by atoms with Crippen molar-refractivity contribution in [2.75, 3.05) is 13.1 Å². The fourth-order valence-corrected chi connectivity index (χ4v) is 4.88. The summed E-state index contributed by atoms with van der Waals surface area (Å²) in [7, 11) is -3.53. The van der Waals surface area contributed by atoms with E-state index in [0.717, 1.165) is 24.3 Å². The van der Waals surface area contributed by atoms with Crippen LogP contribution in [0.5, 0.6) is 0 Å². The van der Waals surface area contributed by atoms with Gasteiger partial charge in [0, 0.05) is 38.0 Å². The Bertz CT molecular complexity index is 954. The molecule has 1 amide bonds. The number of carbonyl (C=O) groups excluding carboxylic acids is 1. The van der Waals surface area contributed by atoms with Crippen LogP contribution in [-0.4, -0.2) is 46.8 Å². The summed E-state index contributed by atoms with van der Waals surface area (Å²) in [6, 6.07) is 5.13. The van der Waals surface area contributed by atoms with Crippen molar-refractivity contribution in [3.63, 3.8) is 0 Å². The molecule has 0 spiro atoms. The Labute approximate surface area is 174 Å². The van der Waals surface area contributed by atoms with E-state index in [4.69, 9.17) is 0 Å². The molecule has 0 bridgehead atoms. The Hall–Kier alpha value is -1.93. The SMILES string of the molecule is CCCn1c(CCC(=O)NC(C)(C)C)nc2cc(S(=O)(=O)N(CC)CC)ccc21. The van der Waals surface area contributed by atoms with Gasteiger partial charge in [-0.05, 0) is 45.4 Å². The van der Waals surface area contributed by atoms with Gasteiger partial charge in [0.05, 0.1) is 15.9 Å². The van der Waals surface area contributed by atoms with Crippen molar-refractivity contribution in [1.82, 2.24) is 19.2 Å². The summed E-state index contributed by atoms with van der Waals surface area (Å²) in [4.78, 5) is 17.2. The molecule has 2 aromatic rings. The van der Waals surface area contributed by atoms with Gasteiger partial charge in [-0.15, -0.1) is 0 Å². The molecule has 1 N–H and O–H groups in total. The third kappa shape index (κ3) is 5.57. The Kier molecular flexibility index (Phi) is 7.45. The van der Waals surface area contributed by atoms with Crippen LogP contribution in [0.2, 0.25) is 0 Å². The molecule has 162 valence electrons. The normalized spacial score (nSPS) is 12.7. The van der Waals surface area contributed by atoms with Crippen LogP contribution >= 0.6 is 0 Å². The number of carbonyl (C=O) groups is 1. The Morgan fingerprint density at radius 2 is 1.83 bits per heavy atom. The highest BCUT2D eigenvalue weighted by Gasteiger charge is 2.23. The van der Waals surface area contributed by atoms with Crippen molar-refractivity contribution in [2.24, 2.45) is 0 Å². The summed E-state index contributed by atoms with van der Waals surface area (Å²) >= 11 is 0. The minimum atomic E-state index is -3.53. The number of sulfonamides is 1. The largest absolute Gasteiger partial charge is 0.351 e. The Balaban J connectivity index is 2.37. The quantitative estimate of drug-likeness (QED) is 0.672. The van der Waals surface area contributed by atoms with Gasteiger partial charge in [-0.25, -0.2) is 13.4 Å². The first kappa shape index (κ1) is 23.3. The maximum Gasteiger partial charge on any atom is 0.243 e. The molecule has 0 aliphatic rings. The highest BCUT2D eigenvalue weighted by molar-refractivity contribution is 7.89. The van der Waals surface area contributed by atoms with E-state index < -0.39 is 10.0 Å². The van der Waals surface area contributed by atoms with Crippen LogP contribution in [0.3, 0.4) is 0 Å². The zero-order chi connectivity index (χ0) is 21.8. The molecule has 0 aliphatic heterocycles.